The largest absolute Gasteiger partial charge is 0.370 e. The highest BCUT2D eigenvalue weighted by Gasteiger charge is 2.25. The van der Waals surface area contributed by atoms with Gasteiger partial charge in [0.15, 0.2) is 11.6 Å². The molecule has 0 amide bonds. The standard InChI is InChI=1S/C22H28N6O/c1-3-23-22(24-12-11-21-26-25-20-10-6-7-13-28(20)21)27-14-15-29-19(16-27)18-9-5-4-8-17(18)2/h4-10,13,19H,3,11-12,14-16H2,1-2H3,(H,23,24). The smallest absolute Gasteiger partial charge is 0.194 e. The molecule has 0 spiro atoms. The molecular formula is C22H28N6O. The number of morpholine rings is 1. The lowest BCUT2D eigenvalue weighted by Gasteiger charge is -2.35. The lowest BCUT2D eigenvalue weighted by Crippen LogP contribution is -2.48. The molecule has 1 aliphatic rings. The molecule has 7 nitrogen and oxygen atoms in total. The van der Waals surface area contributed by atoms with Crippen molar-refractivity contribution in [3.63, 3.8) is 0 Å². The van der Waals surface area contributed by atoms with Gasteiger partial charge in [0.05, 0.1) is 13.2 Å². The molecule has 0 saturated carbocycles. The Morgan fingerprint density at radius 1 is 1.21 bits per heavy atom. The Hall–Kier alpha value is -2.93. The average molecular weight is 393 g/mol. The molecule has 2 aromatic heterocycles. The second kappa shape index (κ2) is 9.05. The number of aliphatic imine (C=N–C) groups is 1. The fourth-order valence-corrected chi connectivity index (χ4v) is 3.73. The first-order valence-electron chi connectivity index (χ1n) is 10.3. The van der Waals surface area contributed by atoms with Crippen LogP contribution in [0.4, 0.5) is 0 Å². The molecule has 1 aromatic carbocycles. The number of ether oxygens (including phenoxy) is 1. The van der Waals surface area contributed by atoms with Crippen LogP contribution >= 0.6 is 0 Å². The van der Waals surface area contributed by atoms with Crippen molar-refractivity contribution < 1.29 is 4.74 Å². The molecule has 1 aliphatic heterocycles. The van der Waals surface area contributed by atoms with Crippen LogP contribution in [-0.4, -0.2) is 58.2 Å². The summed E-state index contributed by atoms with van der Waals surface area (Å²) in [7, 11) is 0. The summed E-state index contributed by atoms with van der Waals surface area (Å²) in [5.74, 6) is 1.86. The van der Waals surface area contributed by atoms with Gasteiger partial charge in [-0.3, -0.25) is 9.39 Å². The maximum absolute atomic E-state index is 6.07. The number of rotatable bonds is 5. The summed E-state index contributed by atoms with van der Waals surface area (Å²) in [6.07, 6.45) is 2.80. The van der Waals surface area contributed by atoms with Crippen molar-refractivity contribution in [2.75, 3.05) is 32.8 Å². The lowest BCUT2D eigenvalue weighted by atomic mass is 10.0. The quantitative estimate of drug-likeness (QED) is 0.534. The van der Waals surface area contributed by atoms with Crippen LogP contribution < -0.4 is 5.32 Å². The van der Waals surface area contributed by atoms with Crippen molar-refractivity contribution in [3.05, 3.63) is 65.6 Å². The Morgan fingerprint density at radius 2 is 2.07 bits per heavy atom. The van der Waals surface area contributed by atoms with Gasteiger partial charge < -0.3 is 15.0 Å². The number of aryl methyl sites for hydroxylation is 1. The third kappa shape index (κ3) is 4.40. The van der Waals surface area contributed by atoms with Crippen LogP contribution in [0.3, 0.4) is 0 Å². The summed E-state index contributed by atoms with van der Waals surface area (Å²) in [5, 5.41) is 12.0. The highest BCUT2D eigenvalue weighted by molar-refractivity contribution is 5.80. The predicted octanol–water partition coefficient (Wildman–Crippen LogP) is 2.62. The lowest BCUT2D eigenvalue weighted by molar-refractivity contribution is -0.00832. The van der Waals surface area contributed by atoms with Gasteiger partial charge in [-0.2, -0.15) is 0 Å². The molecule has 0 radical (unpaired) electrons. The molecule has 29 heavy (non-hydrogen) atoms. The highest BCUT2D eigenvalue weighted by atomic mass is 16.5. The van der Waals surface area contributed by atoms with E-state index < -0.39 is 0 Å². The molecular weight excluding hydrogens is 364 g/mol. The number of nitrogens with one attached hydrogen (secondary N) is 1. The van der Waals surface area contributed by atoms with E-state index in [1.54, 1.807) is 0 Å². The van der Waals surface area contributed by atoms with Gasteiger partial charge in [0.1, 0.15) is 11.9 Å². The summed E-state index contributed by atoms with van der Waals surface area (Å²) in [4.78, 5) is 7.16. The maximum atomic E-state index is 6.07. The van der Waals surface area contributed by atoms with E-state index in [0.29, 0.717) is 13.2 Å². The van der Waals surface area contributed by atoms with Gasteiger partial charge in [0.2, 0.25) is 0 Å². The fourth-order valence-electron chi connectivity index (χ4n) is 3.73. The van der Waals surface area contributed by atoms with Gasteiger partial charge >= 0.3 is 0 Å². The van der Waals surface area contributed by atoms with Crippen LogP contribution in [0.1, 0.15) is 30.0 Å². The van der Waals surface area contributed by atoms with Crippen LogP contribution in [0.15, 0.2) is 53.7 Å². The molecule has 0 aliphatic carbocycles. The number of guanidine groups is 1. The van der Waals surface area contributed by atoms with E-state index in [2.05, 4.69) is 58.5 Å². The summed E-state index contributed by atoms with van der Waals surface area (Å²) in [6.45, 7) is 8.05. The molecule has 3 heterocycles. The summed E-state index contributed by atoms with van der Waals surface area (Å²) in [6, 6.07) is 14.4. The predicted molar refractivity (Wildman–Crippen MR) is 114 cm³/mol. The number of aromatic nitrogens is 3. The van der Waals surface area contributed by atoms with E-state index >= 15 is 0 Å². The minimum atomic E-state index is 0.0641. The third-order valence-corrected chi connectivity index (χ3v) is 5.22. The third-order valence-electron chi connectivity index (χ3n) is 5.22. The van der Waals surface area contributed by atoms with E-state index in [-0.39, 0.29) is 6.10 Å². The van der Waals surface area contributed by atoms with E-state index in [1.807, 2.05) is 28.8 Å². The van der Waals surface area contributed by atoms with E-state index in [0.717, 1.165) is 43.5 Å². The summed E-state index contributed by atoms with van der Waals surface area (Å²) < 4.78 is 8.09. The number of hydrogen-bond donors (Lipinski definition) is 1. The first-order valence-corrected chi connectivity index (χ1v) is 10.3. The van der Waals surface area contributed by atoms with Gasteiger partial charge in [-0.1, -0.05) is 30.3 Å². The Morgan fingerprint density at radius 3 is 2.93 bits per heavy atom. The fraction of sp³-hybridized carbons (Fsp3) is 0.409. The van der Waals surface area contributed by atoms with Crippen LogP contribution in [-0.2, 0) is 11.2 Å². The van der Waals surface area contributed by atoms with Crippen molar-refractivity contribution in [1.82, 2.24) is 24.8 Å². The molecule has 1 saturated heterocycles. The first kappa shape index (κ1) is 19.4. The zero-order valence-electron chi connectivity index (χ0n) is 17.1. The Balaban J connectivity index is 1.45. The molecule has 7 heteroatoms. The molecule has 1 atom stereocenters. The van der Waals surface area contributed by atoms with E-state index in [1.165, 1.54) is 11.1 Å². The SMILES string of the molecule is CCNC(=NCCc1nnc2ccccn12)N1CCOC(c2ccccc2C)C1. The second-order valence-corrected chi connectivity index (χ2v) is 7.19. The Labute approximate surface area is 171 Å². The number of pyridine rings is 1. The number of nitrogens with zero attached hydrogens (tertiary/aromatic N) is 5. The van der Waals surface area contributed by atoms with Gasteiger partial charge in [-0.25, -0.2) is 0 Å². The zero-order chi connectivity index (χ0) is 20.1. The molecule has 0 bridgehead atoms. The van der Waals surface area contributed by atoms with E-state index in [9.17, 15) is 0 Å². The van der Waals surface area contributed by atoms with Gasteiger partial charge in [-0.15, -0.1) is 10.2 Å². The van der Waals surface area contributed by atoms with Crippen LogP contribution in [0, 0.1) is 6.92 Å². The maximum Gasteiger partial charge on any atom is 0.194 e. The van der Waals surface area contributed by atoms with Crippen LogP contribution in [0.2, 0.25) is 0 Å². The van der Waals surface area contributed by atoms with E-state index in [4.69, 9.17) is 9.73 Å². The monoisotopic (exact) mass is 392 g/mol. The van der Waals surface area contributed by atoms with Crippen molar-refractivity contribution in [2.24, 2.45) is 4.99 Å². The molecule has 1 unspecified atom stereocenters. The second-order valence-electron chi connectivity index (χ2n) is 7.19. The number of benzene rings is 1. The number of fused-ring (bicyclic) bond motifs is 1. The van der Waals surface area contributed by atoms with Gasteiger partial charge in [0, 0.05) is 32.3 Å². The van der Waals surface area contributed by atoms with Crippen molar-refractivity contribution in [2.45, 2.75) is 26.4 Å². The summed E-state index contributed by atoms with van der Waals surface area (Å²) in [5.41, 5.74) is 3.38. The molecule has 4 rings (SSSR count). The average Bonchev–Trinajstić information content (AvgIpc) is 3.17. The van der Waals surface area contributed by atoms with Crippen LogP contribution in [0.25, 0.3) is 5.65 Å². The Kier molecular flexibility index (Phi) is 6.05. The van der Waals surface area contributed by atoms with Crippen molar-refractivity contribution in [3.8, 4) is 0 Å². The zero-order valence-corrected chi connectivity index (χ0v) is 17.1. The minimum Gasteiger partial charge on any atom is -0.370 e. The first-order chi connectivity index (χ1) is 14.3. The topological polar surface area (TPSA) is 67.0 Å². The van der Waals surface area contributed by atoms with Gasteiger partial charge in [0.25, 0.3) is 0 Å². The normalized spacial score (nSPS) is 17.7. The molecule has 1 fully saturated rings. The highest BCUT2D eigenvalue weighted by Crippen LogP contribution is 2.25. The van der Waals surface area contributed by atoms with Crippen LogP contribution in [0.5, 0.6) is 0 Å². The molecule has 152 valence electrons. The minimum absolute atomic E-state index is 0.0641. The van der Waals surface area contributed by atoms with Crippen molar-refractivity contribution in [1.29, 1.82) is 0 Å². The molecule has 3 aromatic rings. The van der Waals surface area contributed by atoms with Gasteiger partial charge in [-0.05, 0) is 37.1 Å². The van der Waals surface area contributed by atoms with Crippen molar-refractivity contribution >= 4 is 11.6 Å². The summed E-state index contributed by atoms with van der Waals surface area (Å²) >= 11 is 0. The molecule has 1 N–H and O–H groups in total. The Bertz CT molecular complexity index is 982. The number of hydrogen-bond acceptors (Lipinski definition) is 4.